The third-order valence-corrected chi connectivity index (χ3v) is 10.9. The second-order valence-corrected chi connectivity index (χ2v) is 17.1. The summed E-state index contributed by atoms with van der Waals surface area (Å²) in [4.78, 5) is 20.1. The van der Waals surface area contributed by atoms with Crippen LogP contribution in [0.5, 0.6) is 0 Å². The maximum atomic E-state index is 10.7. The predicted octanol–water partition coefficient (Wildman–Crippen LogP) is 18.9. The van der Waals surface area contributed by atoms with Crippen molar-refractivity contribution in [2.75, 3.05) is 42.8 Å². The van der Waals surface area contributed by atoms with Crippen LogP contribution in [0, 0.1) is 45.4 Å². The van der Waals surface area contributed by atoms with E-state index in [-0.39, 0.29) is 0 Å². The zero-order valence-corrected chi connectivity index (χ0v) is 52.5. The third kappa shape index (κ3) is 75.7. The lowest BCUT2D eigenvalue weighted by Crippen LogP contribution is -2.15. The molecular weight excluding hydrogens is 919 g/mol. The number of hydrogen-bond acceptors (Lipinski definition) is 10. The maximum absolute atomic E-state index is 10.7. The topological polar surface area (TPSA) is 113 Å². The van der Waals surface area contributed by atoms with Crippen LogP contribution in [0.25, 0.3) is 0 Å². The smallest absolute Gasteiger partial charge is 0.180 e. The quantitative estimate of drug-likeness (QED) is 0.170. The molecule has 0 amide bonds. The molecule has 0 aliphatic carbocycles. The van der Waals surface area contributed by atoms with Crippen LogP contribution in [0.15, 0.2) is 95.7 Å². The van der Waals surface area contributed by atoms with Crippen LogP contribution >= 0.6 is 11.8 Å². The van der Waals surface area contributed by atoms with E-state index in [2.05, 4.69) is 66.9 Å². The van der Waals surface area contributed by atoms with Crippen LogP contribution in [-0.2, 0) is 20.4 Å². The van der Waals surface area contributed by atoms with Crippen molar-refractivity contribution in [1.82, 2.24) is 19.9 Å². The van der Waals surface area contributed by atoms with Crippen molar-refractivity contribution >= 4 is 28.3 Å². The van der Waals surface area contributed by atoms with Gasteiger partial charge in [0.2, 0.25) is 0 Å². The Bertz CT molecular complexity index is 1340. The van der Waals surface area contributed by atoms with Gasteiger partial charge in [-0.25, -0.2) is 4.98 Å². The van der Waals surface area contributed by atoms with Crippen molar-refractivity contribution in [2.24, 2.45) is 22.9 Å². The van der Waals surface area contributed by atoms with Gasteiger partial charge < -0.3 is 14.0 Å². The molecule has 4 aromatic heterocycles. The molecule has 8 rings (SSSR count). The first-order chi connectivity index (χ1) is 34.5. The highest BCUT2D eigenvalue weighted by molar-refractivity contribution is 7.99. The van der Waals surface area contributed by atoms with E-state index in [1.807, 2.05) is 194 Å². The van der Waals surface area contributed by atoms with Crippen LogP contribution in [0.2, 0.25) is 0 Å². The van der Waals surface area contributed by atoms with Crippen molar-refractivity contribution in [3.05, 3.63) is 109 Å². The van der Waals surface area contributed by atoms with Crippen LogP contribution in [0.4, 0.5) is 0 Å². The first-order valence-corrected chi connectivity index (χ1v) is 30.3. The number of pyridine rings is 3. The number of hydrogen-bond donors (Lipinski definition) is 0. The molecule has 0 N–H and O–H groups in total. The van der Waals surface area contributed by atoms with Crippen molar-refractivity contribution < 1.29 is 18.2 Å². The average Bonchev–Trinajstić information content (AvgIpc) is 4.15. The minimum atomic E-state index is -0.461. The minimum Gasteiger partial charge on any atom is -0.452 e. The molecule has 0 bridgehead atoms. The number of oxime groups is 1. The van der Waals surface area contributed by atoms with Gasteiger partial charge in [0.15, 0.2) is 6.39 Å². The van der Waals surface area contributed by atoms with Gasteiger partial charge in [0.25, 0.3) is 0 Å². The van der Waals surface area contributed by atoms with Gasteiger partial charge in [-0.15, -0.1) is 0 Å². The highest BCUT2D eigenvalue weighted by Gasteiger charge is 2.12. The second-order valence-electron chi connectivity index (χ2n) is 14.2. The van der Waals surface area contributed by atoms with E-state index in [9.17, 15) is 4.21 Å². The average molecular weight is 1040 g/mol. The molecule has 4 aliphatic heterocycles. The van der Waals surface area contributed by atoms with Gasteiger partial charge in [0.1, 0.15) is 12.9 Å². The number of nitrogens with zero attached hydrogens (tertiary/aromatic N) is 5. The van der Waals surface area contributed by atoms with E-state index in [0.29, 0.717) is 0 Å². The molecule has 3 fully saturated rings. The molecule has 0 saturated carbocycles. The van der Waals surface area contributed by atoms with E-state index < -0.39 is 10.8 Å². The number of aromatic nitrogens is 4. The fraction of sp³-hybridized carbons (Fsp3) is 0.683. The van der Waals surface area contributed by atoms with Gasteiger partial charge >= 0.3 is 0 Å². The summed E-state index contributed by atoms with van der Waals surface area (Å²) in [5, 5.41) is 3.65. The Hall–Kier alpha value is -3.41. The third-order valence-electron chi connectivity index (χ3n) is 8.50. The highest BCUT2D eigenvalue weighted by Crippen LogP contribution is 2.21. The molecule has 4 aromatic rings. The normalized spacial score (nSPS) is 15.1. The van der Waals surface area contributed by atoms with Gasteiger partial charge in [-0.05, 0) is 144 Å². The van der Waals surface area contributed by atoms with Crippen molar-refractivity contribution in [2.45, 2.75) is 211 Å². The van der Waals surface area contributed by atoms with Gasteiger partial charge in [0.05, 0.1) is 11.4 Å². The van der Waals surface area contributed by atoms with Crippen LogP contribution in [0.3, 0.4) is 0 Å². The fourth-order valence-electron chi connectivity index (χ4n) is 4.53. The Labute approximate surface area is 449 Å². The lowest BCUT2D eigenvalue weighted by molar-refractivity contribution is 0.0716. The molecule has 9 nitrogen and oxygen atoms in total. The van der Waals surface area contributed by atoms with Gasteiger partial charge in [0, 0.05) is 78.6 Å². The van der Waals surface area contributed by atoms with E-state index in [4.69, 9.17) is 4.74 Å². The minimum absolute atomic E-state index is 0.461. The number of oxazole rings is 1. The largest absolute Gasteiger partial charge is 0.452 e. The molecule has 0 aromatic carbocycles. The van der Waals surface area contributed by atoms with E-state index in [0.717, 1.165) is 72.6 Å². The SMILES string of the molecule is CC.CC.CC.CC.CC.CC.CC.CC.CC1=NOCC1.CC1CCOCC1.CC1CCS(=O)CC1.CC1CCSCC1.Cc1ccccn1.Cc1cccnc1.Cc1ccncc1.Cc1cocn1. The predicted molar refractivity (Wildman–Crippen MR) is 324 cm³/mol. The molecule has 0 radical (unpaired) electrons. The number of aryl methyl sites for hydroxylation is 4. The summed E-state index contributed by atoms with van der Waals surface area (Å²) in [5.74, 6) is 7.45. The van der Waals surface area contributed by atoms with Crippen molar-refractivity contribution in [3.8, 4) is 0 Å². The van der Waals surface area contributed by atoms with E-state index in [1.54, 1.807) is 31.1 Å². The molecule has 3 saturated heterocycles. The molecule has 0 atom stereocenters. The molecule has 4 aliphatic rings. The summed E-state index contributed by atoms with van der Waals surface area (Å²) in [7, 11) is -0.461. The van der Waals surface area contributed by atoms with Gasteiger partial charge in [-0.3, -0.25) is 19.2 Å². The summed E-state index contributed by atoms with van der Waals surface area (Å²) in [5.41, 5.74) is 5.57. The van der Waals surface area contributed by atoms with Crippen LogP contribution < -0.4 is 0 Å². The van der Waals surface area contributed by atoms with Crippen LogP contribution in [-0.4, -0.2) is 72.7 Å². The number of thioether (sulfide) groups is 1. The summed E-state index contributed by atoms with van der Waals surface area (Å²) >= 11 is 2.10. The molecule has 11 heteroatoms. The monoisotopic (exact) mass is 1040 g/mol. The summed E-state index contributed by atoms with van der Waals surface area (Å²) in [6.45, 7) is 51.5. The Morgan fingerprint density at radius 2 is 1.03 bits per heavy atom. The first kappa shape index (κ1) is 84.4. The standard InChI is InChI=1S/3C6H7N.C6H12OS.C6H12O.C6H12S.C4H5NO.C4H7NO.8C2H6/c1-6-2-4-7-5-3-6;1-6-3-2-4-7-5-6;1-6-4-2-3-5-7-6;1-6-2-4-8(7)5-3-6;2*1-6-2-4-7-5-3-6;1-4-2-6-3-5-4;1-4-2-3-6-5-4;8*1-2/h3*2-5H,1H3;6H,2-5H2,1H3;2*6H,2-5H2,1H3;2-3H,1H3;2-3H2,1H3;8*1-2H3. The Morgan fingerprint density at radius 1 is 0.521 bits per heavy atom. The van der Waals surface area contributed by atoms with Crippen molar-refractivity contribution in [1.29, 1.82) is 0 Å². The Kier molecular flexibility index (Phi) is 92.8. The zero-order valence-electron chi connectivity index (χ0n) is 50.9. The summed E-state index contributed by atoms with van der Waals surface area (Å²) in [6.07, 6.45) is 20.8. The lowest BCUT2D eigenvalue weighted by Gasteiger charge is -2.16. The van der Waals surface area contributed by atoms with E-state index in [1.165, 1.54) is 67.6 Å². The fourth-order valence-corrected chi connectivity index (χ4v) is 7.41. The molecule has 71 heavy (non-hydrogen) atoms. The number of ether oxygens (including phenoxy) is 1. The lowest BCUT2D eigenvalue weighted by atomic mass is 10.0. The zero-order chi connectivity index (χ0) is 56.4. The van der Waals surface area contributed by atoms with E-state index >= 15 is 0 Å². The molecular formula is C60H117N5O4S2. The van der Waals surface area contributed by atoms with Crippen molar-refractivity contribution in [3.63, 3.8) is 0 Å². The van der Waals surface area contributed by atoms with Gasteiger partial charge in [-0.1, -0.05) is 149 Å². The molecule has 418 valence electrons. The van der Waals surface area contributed by atoms with Gasteiger partial charge in [-0.2, -0.15) is 11.8 Å². The second kappa shape index (κ2) is 78.0. The number of rotatable bonds is 0. The molecule has 8 heterocycles. The van der Waals surface area contributed by atoms with Crippen LogP contribution in [0.1, 0.15) is 206 Å². The summed E-state index contributed by atoms with van der Waals surface area (Å²) < 4.78 is 20.5. The first-order valence-electron chi connectivity index (χ1n) is 27.7. The Balaban J connectivity index is -0.000000102. The Morgan fingerprint density at radius 3 is 1.24 bits per heavy atom. The molecule has 0 unspecified atom stereocenters. The summed E-state index contributed by atoms with van der Waals surface area (Å²) in [6, 6.07) is 13.7. The maximum Gasteiger partial charge on any atom is 0.180 e. The highest BCUT2D eigenvalue weighted by atomic mass is 32.2. The molecule has 0 spiro atoms.